The highest BCUT2D eigenvalue weighted by Crippen LogP contribution is 2.56. The van der Waals surface area contributed by atoms with Crippen molar-refractivity contribution in [3.63, 3.8) is 0 Å². The topological polar surface area (TPSA) is 18.5 Å². The number of hydrogen-bond acceptors (Lipinski definition) is 2. The molecule has 4 fully saturated rings. The van der Waals surface area contributed by atoms with Gasteiger partial charge in [-0.25, -0.2) is 0 Å². The lowest BCUT2D eigenvalue weighted by atomic mass is 10.3. The van der Waals surface area contributed by atoms with E-state index in [1.165, 1.54) is 25.7 Å². The number of rotatable bonds is 6. The second-order valence-electron chi connectivity index (χ2n) is 6.65. The van der Waals surface area contributed by atoms with E-state index < -0.39 is 0 Å². The summed E-state index contributed by atoms with van der Waals surface area (Å²) >= 11 is 0. The highest BCUT2D eigenvalue weighted by Gasteiger charge is 2.55. The van der Waals surface area contributed by atoms with Crippen LogP contribution in [0.1, 0.15) is 70.2 Å². The first-order valence-corrected chi connectivity index (χ1v) is 12.0. The fourth-order valence-electron chi connectivity index (χ4n) is 3.31. The minimum absolute atomic E-state index is 0. The molecule has 0 heterocycles. The second kappa shape index (κ2) is 15.5. The molecule has 0 N–H and O–H groups in total. The van der Waals surface area contributed by atoms with Gasteiger partial charge in [-0.1, -0.05) is 44.6 Å². The molecule has 6 heteroatoms. The Morgan fingerprint density at radius 2 is 0.846 bits per heavy atom. The Hall–Kier alpha value is 1.64. The second-order valence-corrected chi connectivity index (χ2v) is 9.65. The van der Waals surface area contributed by atoms with Crippen LogP contribution in [-0.4, -0.2) is 36.9 Å². The monoisotopic (exact) mass is 448 g/mol. The largest absolute Gasteiger partial charge is 0.359 e. The maximum absolute atomic E-state index is 5.57. The summed E-state index contributed by atoms with van der Waals surface area (Å²) in [7, 11) is 7.17. The average molecular weight is 449 g/mol. The Bertz CT molecular complexity index is 314. The van der Waals surface area contributed by atoms with Crippen LogP contribution in [0, 0.1) is 23.7 Å². The molecular formula is C20H52O2P4. The Balaban J connectivity index is -0.000000157. The van der Waals surface area contributed by atoms with Crippen LogP contribution in [0.25, 0.3) is 0 Å². The fourth-order valence-corrected chi connectivity index (χ4v) is 5.66. The van der Waals surface area contributed by atoms with Crippen LogP contribution >= 0.6 is 36.1 Å². The quantitative estimate of drug-likeness (QED) is 0.390. The lowest BCUT2D eigenvalue weighted by Gasteiger charge is -1.99. The van der Waals surface area contributed by atoms with Crippen molar-refractivity contribution in [2.45, 2.75) is 93.8 Å². The van der Waals surface area contributed by atoms with Crippen LogP contribution in [0.15, 0.2) is 0 Å². The molecule has 0 saturated heterocycles. The third kappa shape index (κ3) is 9.91. The normalized spacial score (nSPS) is 40.2. The van der Waals surface area contributed by atoms with Gasteiger partial charge in [-0.2, -0.15) is 0 Å². The zero-order valence-electron chi connectivity index (χ0n) is 12.4. The van der Waals surface area contributed by atoms with Crippen LogP contribution in [0.5, 0.6) is 0 Å². The van der Waals surface area contributed by atoms with E-state index in [0.717, 1.165) is 35.0 Å². The first-order chi connectivity index (χ1) is 9.65. The smallest absolute Gasteiger partial charge is 0.0650 e. The van der Waals surface area contributed by atoms with Gasteiger partial charge in [0.25, 0.3) is 0 Å². The summed E-state index contributed by atoms with van der Waals surface area (Å²) < 4.78 is 11.1. The van der Waals surface area contributed by atoms with Crippen molar-refractivity contribution in [1.82, 2.24) is 0 Å². The van der Waals surface area contributed by atoms with Gasteiger partial charge in [0.05, 0.1) is 12.2 Å². The average Bonchev–Trinajstić information content (AvgIpc) is 3.21. The van der Waals surface area contributed by atoms with Crippen molar-refractivity contribution >= 4 is 36.1 Å². The van der Waals surface area contributed by atoms with Gasteiger partial charge < -0.3 is 9.05 Å². The Morgan fingerprint density at radius 1 is 0.577 bits per heavy atom. The predicted octanol–water partition coefficient (Wildman–Crippen LogP) is 7.57. The first kappa shape index (κ1) is 35.1. The zero-order chi connectivity index (χ0) is 14.3. The Morgan fingerprint density at radius 3 is 1.04 bits per heavy atom. The molecule has 0 spiro atoms. The standard InChI is InChI=1S/C8H16O2P2.C6H12P2.6CH4/c1-11-9-7-3-5(7)6-4-8(6)10-12-2;7-5-1-3(5)4-2-6(4)8;;;;;;/h5-8,11-12H,3-4H2,1-2H3;3-6H,1-2,7-8H2;6*1H4. The molecule has 0 aromatic carbocycles. The minimum atomic E-state index is 0. The molecule has 4 saturated carbocycles. The van der Waals surface area contributed by atoms with Gasteiger partial charge in [0.1, 0.15) is 0 Å². The molecule has 0 aliphatic heterocycles. The molecule has 4 aliphatic carbocycles. The van der Waals surface area contributed by atoms with E-state index in [1.807, 2.05) is 0 Å². The molecule has 0 aromatic rings. The molecular weight excluding hydrogens is 396 g/mol. The van der Waals surface area contributed by atoms with Crippen molar-refractivity contribution in [2.24, 2.45) is 23.7 Å². The van der Waals surface area contributed by atoms with E-state index in [0.29, 0.717) is 29.8 Å². The van der Waals surface area contributed by atoms with Crippen molar-refractivity contribution in [3.05, 3.63) is 0 Å². The van der Waals surface area contributed by atoms with Crippen LogP contribution in [-0.2, 0) is 9.05 Å². The van der Waals surface area contributed by atoms with Gasteiger partial charge >= 0.3 is 0 Å². The van der Waals surface area contributed by atoms with Gasteiger partial charge in [-0.05, 0) is 74.0 Å². The van der Waals surface area contributed by atoms with Crippen LogP contribution in [0.3, 0.4) is 0 Å². The molecule has 12 atom stereocenters. The molecule has 26 heavy (non-hydrogen) atoms. The maximum atomic E-state index is 5.57. The van der Waals surface area contributed by atoms with E-state index in [9.17, 15) is 0 Å². The molecule has 164 valence electrons. The van der Waals surface area contributed by atoms with Crippen molar-refractivity contribution in [3.8, 4) is 0 Å². The predicted molar refractivity (Wildman–Crippen MR) is 138 cm³/mol. The molecule has 0 aromatic heterocycles. The third-order valence-corrected chi connectivity index (χ3v) is 7.59. The highest BCUT2D eigenvalue weighted by molar-refractivity contribution is 7.31. The molecule has 4 rings (SSSR count). The molecule has 0 amide bonds. The van der Waals surface area contributed by atoms with Gasteiger partial charge in [0, 0.05) is 17.6 Å². The van der Waals surface area contributed by atoms with Gasteiger partial charge in [-0.15, -0.1) is 18.5 Å². The van der Waals surface area contributed by atoms with Crippen LogP contribution in [0.4, 0.5) is 0 Å². The van der Waals surface area contributed by atoms with E-state index in [-0.39, 0.29) is 44.6 Å². The van der Waals surface area contributed by atoms with Gasteiger partial charge in [0.2, 0.25) is 0 Å². The van der Waals surface area contributed by atoms with Crippen molar-refractivity contribution in [1.29, 1.82) is 0 Å². The Labute approximate surface area is 176 Å². The minimum Gasteiger partial charge on any atom is -0.359 e. The van der Waals surface area contributed by atoms with E-state index in [1.54, 1.807) is 0 Å². The van der Waals surface area contributed by atoms with Crippen LogP contribution < -0.4 is 0 Å². The van der Waals surface area contributed by atoms with E-state index in [4.69, 9.17) is 9.05 Å². The lowest BCUT2D eigenvalue weighted by Crippen LogP contribution is -1.95. The molecule has 2 nitrogen and oxygen atoms in total. The number of hydrogen-bond donors (Lipinski definition) is 0. The molecule has 12 unspecified atom stereocenters. The fraction of sp³-hybridized carbons (Fsp3) is 1.00. The van der Waals surface area contributed by atoms with E-state index >= 15 is 0 Å². The van der Waals surface area contributed by atoms with Crippen LogP contribution in [0.2, 0.25) is 0 Å². The SMILES string of the molecule is C.C.C.C.C.C.CPOC1CC1C1CC1OPC.PC1CC1C1CC1P. The van der Waals surface area contributed by atoms with Gasteiger partial charge in [-0.3, -0.25) is 0 Å². The summed E-state index contributed by atoms with van der Waals surface area (Å²) in [6.45, 7) is 4.20. The third-order valence-electron chi connectivity index (χ3n) is 4.98. The summed E-state index contributed by atoms with van der Waals surface area (Å²) in [6.07, 6.45) is 6.73. The Kier molecular flexibility index (Phi) is 20.9. The highest BCUT2D eigenvalue weighted by atomic mass is 31.1. The first-order valence-electron chi connectivity index (χ1n) is 7.81. The van der Waals surface area contributed by atoms with Crippen molar-refractivity contribution in [2.75, 3.05) is 13.3 Å². The maximum Gasteiger partial charge on any atom is 0.0650 e. The summed E-state index contributed by atoms with van der Waals surface area (Å²) in [5.74, 6) is 3.89. The zero-order valence-corrected chi connectivity index (χ0v) is 16.7. The summed E-state index contributed by atoms with van der Waals surface area (Å²) in [5.41, 5.74) is 1.98. The molecule has 4 aliphatic rings. The summed E-state index contributed by atoms with van der Waals surface area (Å²) in [5, 5.41) is 0. The molecule has 0 bridgehead atoms. The summed E-state index contributed by atoms with van der Waals surface area (Å²) in [6, 6.07) is 0. The summed E-state index contributed by atoms with van der Waals surface area (Å²) in [4.78, 5) is 0. The van der Waals surface area contributed by atoms with E-state index in [2.05, 4.69) is 31.8 Å². The molecule has 0 radical (unpaired) electrons. The lowest BCUT2D eigenvalue weighted by molar-refractivity contribution is 0.285. The van der Waals surface area contributed by atoms with Crippen molar-refractivity contribution < 1.29 is 9.05 Å². The van der Waals surface area contributed by atoms with Gasteiger partial charge in [0.15, 0.2) is 0 Å².